The molecule has 116 valence electrons. The fourth-order valence-electron chi connectivity index (χ4n) is 2.11. The lowest BCUT2D eigenvalue weighted by Crippen LogP contribution is -2.26. The molecule has 0 fully saturated rings. The molecule has 0 aliphatic carbocycles. The van der Waals surface area contributed by atoms with Gasteiger partial charge in [-0.05, 0) is 18.9 Å². The van der Waals surface area contributed by atoms with Gasteiger partial charge in [-0.2, -0.15) is 0 Å². The zero-order chi connectivity index (χ0) is 15.8. The molecule has 0 spiro atoms. The minimum absolute atomic E-state index is 0.129. The lowest BCUT2D eigenvalue weighted by atomic mass is 10.1. The number of aryl methyl sites for hydroxylation is 1. The van der Waals surface area contributed by atoms with Crippen molar-refractivity contribution in [3.8, 4) is 0 Å². The topological polar surface area (TPSA) is 93.4 Å². The van der Waals surface area contributed by atoms with Crippen molar-refractivity contribution >= 4 is 11.8 Å². The predicted octanol–water partition coefficient (Wildman–Crippen LogP) is 1.46. The maximum absolute atomic E-state index is 5.35. The first-order chi connectivity index (χ1) is 10.6. The van der Waals surface area contributed by atoms with Gasteiger partial charge in [0, 0.05) is 32.0 Å². The number of hydrogen-bond acceptors (Lipinski definition) is 4. The van der Waals surface area contributed by atoms with Crippen LogP contribution in [0.25, 0.3) is 0 Å². The second kappa shape index (κ2) is 7.97. The zero-order valence-electron chi connectivity index (χ0n) is 12.8. The van der Waals surface area contributed by atoms with Crippen LogP contribution in [-0.4, -0.2) is 29.0 Å². The molecule has 6 heteroatoms. The third-order valence-corrected chi connectivity index (χ3v) is 3.25. The van der Waals surface area contributed by atoms with Gasteiger partial charge in [0.1, 0.15) is 5.82 Å². The highest BCUT2D eigenvalue weighted by molar-refractivity contribution is 5.75. The summed E-state index contributed by atoms with van der Waals surface area (Å²) in [4.78, 5) is 14.7. The average molecular weight is 298 g/mol. The molecule has 4 N–H and O–H groups in total. The molecule has 0 bridgehead atoms. The molecule has 0 atom stereocenters. The largest absolute Gasteiger partial charge is 0.370 e. The number of hydrogen-bond donors (Lipinski definition) is 2. The van der Waals surface area contributed by atoms with E-state index in [4.69, 9.17) is 11.5 Å². The van der Waals surface area contributed by atoms with Crippen LogP contribution >= 0.6 is 0 Å². The van der Waals surface area contributed by atoms with Crippen LogP contribution in [0.5, 0.6) is 0 Å². The summed E-state index contributed by atoms with van der Waals surface area (Å²) in [7, 11) is 0. The molecule has 1 heterocycles. The standard InChI is InChI=1S/C16H22N6/c1-13-3-5-14(6-4-13)12-22(10-2-7-21-16(17)18)15-11-19-8-9-20-15/h3-6,8-9,11H,2,7,10,12H2,1H3,(H4,17,18,21). The van der Waals surface area contributed by atoms with Crippen molar-refractivity contribution in [1.29, 1.82) is 0 Å². The first-order valence-electron chi connectivity index (χ1n) is 7.27. The highest BCUT2D eigenvalue weighted by atomic mass is 15.2. The van der Waals surface area contributed by atoms with Gasteiger partial charge in [-0.1, -0.05) is 29.8 Å². The quantitative estimate of drug-likeness (QED) is 0.458. The number of aromatic nitrogens is 2. The summed E-state index contributed by atoms with van der Waals surface area (Å²) in [6, 6.07) is 8.50. The Balaban J connectivity index is 2.04. The average Bonchev–Trinajstić information content (AvgIpc) is 2.53. The minimum atomic E-state index is 0.129. The molecule has 0 saturated carbocycles. The third kappa shape index (κ3) is 5.05. The van der Waals surface area contributed by atoms with Crippen molar-refractivity contribution in [2.75, 3.05) is 18.0 Å². The fraction of sp³-hybridized carbons (Fsp3) is 0.312. The summed E-state index contributed by atoms with van der Waals surface area (Å²) in [5.41, 5.74) is 13.2. The highest BCUT2D eigenvalue weighted by Gasteiger charge is 2.08. The Labute approximate surface area is 130 Å². The van der Waals surface area contributed by atoms with Crippen LogP contribution in [0.1, 0.15) is 17.5 Å². The van der Waals surface area contributed by atoms with Crippen LogP contribution in [0, 0.1) is 6.92 Å². The smallest absolute Gasteiger partial charge is 0.185 e. The van der Waals surface area contributed by atoms with Gasteiger partial charge in [-0.15, -0.1) is 0 Å². The molecule has 0 aliphatic rings. The summed E-state index contributed by atoms with van der Waals surface area (Å²) in [6.45, 7) is 4.27. The van der Waals surface area contributed by atoms with Crippen LogP contribution in [0.4, 0.5) is 5.82 Å². The van der Waals surface area contributed by atoms with E-state index in [1.54, 1.807) is 18.6 Å². The number of rotatable bonds is 7. The molecule has 6 nitrogen and oxygen atoms in total. The van der Waals surface area contributed by atoms with Gasteiger partial charge in [-0.3, -0.25) is 9.98 Å². The Morgan fingerprint density at radius 2 is 1.95 bits per heavy atom. The summed E-state index contributed by atoms with van der Waals surface area (Å²) in [5.74, 6) is 0.984. The molecule has 0 unspecified atom stereocenters. The Morgan fingerprint density at radius 1 is 1.18 bits per heavy atom. The molecular formula is C16H22N6. The molecule has 22 heavy (non-hydrogen) atoms. The van der Waals surface area contributed by atoms with Gasteiger partial charge in [0.05, 0.1) is 6.20 Å². The second-order valence-electron chi connectivity index (χ2n) is 5.13. The van der Waals surface area contributed by atoms with Crippen LogP contribution in [0.3, 0.4) is 0 Å². The summed E-state index contributed by atoms with van der Waals surface area (Å²) in [6.07, 6.45) is 6.00. The van der Waals surface area contributed by atoms with E-state index in [0.717, 1.165) is 25.3 Å². The van der Waals surface area contributed by atoms with Crippen molar-refractivity contribution in [3.63, 3.8) is 0 Å². The van der Waals surface area contributed by atoms with Gasteiger partial charge in [0.15, 0.2) is 5.96 Å². The van der Waals surface area contributed by atoms with Crippen molar-refractivity contribution in [2.24, 2.45) is 16.5 Å². The normalized spacial score (nSPS) is 10.2. The number of anilines is 1. The number of benzene rings is 1. The van der Waals surface area contributed by atoms with E-state index in [0.29, 0.717) is 6.54 Å². The summed E-state index contributed by atoms with van der Waals surface area (Å²) >= 11 is 0. The van der Waals surface area contributed by atoms with Crippen LogP contribution in [-0.2, 0) is 6.54 Å². The SMILES string of the molecule is Cc1ccc(CN(CCCN=C(N)N)c2cnccn2)cc1. The number of nitrogens with two attached hydrogens (primary N) is 2. The van der Waals surface area contributed by atoms with Crippen LogP contribution in [0.15, 0.2) is 47.8 Å². The summed E-state index contributed by atoms with van der Waals surface area (Å²) in [5, 5.41) is 0. The zero-order valence-corrected chi connectivity index (χ0v) is 12.8. The van der Waals surface area contributed by atoms with E-state index in [1.165, 1.54) is 11.1 Å². The molecule has 0 radical (unpaired) electrons. The van der Waals surface area contributed by atoms with Crippen LogP contribution < -0.4 is 16.4 Å². The molecule has 0 aliphatic heterocycles. The number of guanidine groups is 1. The van der Waals surface area contributed by atoms with E-state index in [-0.39, 0.29) is 5.96 Å². The van der Waals surface area contributed by atoms with E-state index < -0.39 is 0 Å². The molecule has 0 amide bonds. The lowest BCUT2D eigenvalue weighted by Gasteiger charge is -2.23. The Morgan fingerprint density at radius 3 is 2.59 bits per heavy atom. The maximum atomic E-state index is 5.35. The van der Waals surface area contributed by atoms with Gasteiger partial charge >= 0.3 is 0 Å². The van der Waals surface area contributed by atoms with Gasteiger partial charge in [-0.25, -0.2) is 4.98 Å². The number of nitrogens with zero attached hydrogens (tertiary/aromatic N) is 4. The molecular weight excluding hydrogens is 276 g/mol. The predicted molar refractivity (Wildman–Crippen MR) is 89.6 cm³/mol. The minimum Gasteiger partial charge on any atom is -0.370 e. The van der Waals surface area contributed by atoms with Crippen molar-refractivity contribution < 1.29 is 0 Å². The maximum Gasteiger partial charge on any atom is 0.185 e. The lowest BCUT2D eigenvalue weighted by molar-refractivity contribution is 0.724. The summed E-state index contributed by atoms with van der Waals surface area (Å²) < 4.78 is 0. The van der Waals surface area contributed by atoms with E-state index in [9.17, 15) is 0 Å². The monoisotopic (exact) mass is 298 g/mol. The van der Waals surface area contributed by atoms with Crippen molar-refractivity contribution in [2.45, 2.75) is 19.9 Å². The van der Waals surface area contributed by atoms with Crippen molar-refractivity contribution in [1.82, 2.24) is 9.97 Å². The Kier molecular flexibility index (Phi) is 5.71. The molecule has 2 aromatic rings. The highest BCUT2D eigenvalue weighted by Crippen LogP contribution is 2.14. The second-order valence-corrected chi connectivity index (χ2v) is 5.13. The van der Waals surface area contributed by atoms with Gasteiger partial charge in [0.2, 0.25) is 0 Å². The first kappa shape index (κ1) is 15.8. The molecule has 1 aromatic heterocycles. The Hall–Kier alpha value is -2.63. The van der Waals surface area contributed by atoms with E-state index in [1.807, 2.05) is 0 Å². The van der Waals surface area contributed by atoms with E-state index in [2.05, 4.69) is 51.0 Å². The van der Waals surface area contributed by atoms with Gasteiger partial charge in [0.25, 0.3) is 0 Å². The van der Waals surface area contributed by atoms with Crippen molar-refractivity contribution in [3.05, 3.63) is 54.0 Å². The van der Waals surface area contributed by atoms with Crippen LogP contribution in [0.2, 0.25) is 0 Å². The van der Waals surface area contributed by atoms with E-state index >= 15 is 0 Å². The molecule has 0 saturated heterocycles. The molecule has 1 aromatic carbocycles. The number of aliphatic imine (C=N–C) groups is 1. The van der Waals surface area contributed by atoms with Gasteiger partial charge < -0.3 is 16.4 Å². The fourth-order valence-corrected chi connectivity index (χ4v) is 2.11. The molecule has 2 rings (SSSR count). The Bertz CT molecular complexity index is 590. The first-order valence-corrected chi connectivity index (χ1v) is 7.27. The third-order valence-electron chi connectivity index (χ3n) is 3.25.